The van der Waals surface area contributed by atoms with Crippen molar-refractivity contribution < 1.29 is 22.6 Å². The topological polar surface area (TPSA) is 58.4 Å². The van der Waals surface area contributed by atoms with Crippen LogP contribution in [0.4, 0.5) is 18.9 Å². The predicted octanol–water partition coefficient (Wildman–Crippen LogP) is 3.43. The summed E-state index contributed by atoms with van der Waals surface area (Å²) in [5.41, 5.74) is 1.40. The van der Waals surface area contributed by atoms with Crippen LogP contribution in [0.5, 0.6) is 5.75 Å². The normalized spacial score (nSPS) is 20.0. The number of aromatic nitrogens is 1. The van der Waals surface area contributed by atoms with Crippen molar-refractivity contribution >= 4 is 5.69 Å². The molecule has 2 aromatic rings. The van der Waals surface area contributed by atoms with Gasteiger partial charge in [-0.15, -0.1) is 0 Å². The highest BCUT2D eigenvalue weighted by Crippen LogP contribution is 2.35. The Balaban J connectivity index is 1.77. The monoisotopic (exact) mass is 363 g/mol. The van der Waals surface area contributed by atoms with Gasteiger partial charge in [-0.05, 0) is 42.8 Å². The second kappa shape index (κ2) is 7.22. The Morgan fingerprint density at radius 3 is 2.65 bits per heavy atom. The molecule has 1 aliphatic heterocycles. The van der Waals surface area contributed by atoms with E-state index < -0.39 is 18.5 Å². The number of aryl methyl sites for hydroxylation is 1. The van der Waals surface area contributed by atoms with Crippen LogP contribution in [0, 0.1) is 18.3 Å². The minimum absolute atomic E-state index is 0.0116. The highest BCUT2D eigenvalue weighted by atomic mass is 19.4. The average molecular weight is 363 g/mol. The third kappa shape index (κ3) is 3.89. The van der Waals surface area contributed by atoms with Gasteiger partial charge in [0, 0.05) is 18.1 Å². The van der Waals surface area contributed by atoms with E-state index in [0.29, 0.717) is 22.6 Å². The zero-order chi connectivity index (χ0) is 18.7. The van der Waals surface area contributed by atoms with E-state index in [9.17, 15) is 13.2 Å². The molecule has 0 saturated carbocycles. The van der Waals surface area contributed by atoms with Crippen molar-refractivity contribution in [2.24, 2.45) is 0 Å². The largest absolute Gasteiger partial charge is 0.491 e. The minimum Gasteiger partial charge on any atom is -0.491 e. The fraction of sp³-hybridized carbons (Fsp3) is 0.333. The lowest BCUT2D eigenvalue weighted by Crippen LogP contribution is -2.42. The van der Waals surface area contributed by atoms with Crippen molar-refractivity contribution in [3.8, 4) is 11.8 Å². The van der Waals surface area contributed by atoms with E-state index in [2.05, 4.69) is 4.98 Å². The maximum absolute atomic E-state index is 13.4. The van der Waals surface area contributed by atoms with Crippen molar-refractivity contribution in [1.82, 2.24) is 4.98 Å². The molecule has 0 bridgehead atoms. The maximum atomic E-state index is 13.4. The quantitative estimate of drug-likeness (QED) is 0.833. The van der Waals surface area contributed by atoms with Gasteiger partial charge in [-0.2, -0.15) is 18.4 Å². The lowest BCUT2D eigenvalue weighted by Gasteiger charge is -2.26. The number of pyridine rings is 1. The van der Waals surface area contributed by atoms with Crippen molar-refractivity contribution in [3.63, 3.8) is 0 Å². The first-order valence-electron chi connectivity index (χ1n) is 7.91. The molecule has 1 aromatic heterocycles. The molecule has 1 saturated heterocycles. The highest BCUT2D eigenvalue weighted by molar-refractivity contribution is 5.54. The minimum atomic E-state index is -4.55. The second-order valence-corrected chi connectivity index (χ2v) is 5.91. The van der Waals surface area contributed by atoms with Gasteiger partial charge in [-0.1, -0.05) is 0 Å². The van der Waals surface area contributed by atoms with Crippen LogP contribution >= 0.6 is 0 Å². The summed E-state index contributed by atoms with van der Waals surface area (Å²) in [6, 6.07) is 9.83. The van der Waals surface area contributed by atoms with E-state index in [4.69, 9.17) is 14.7 Å². The van der Waals surface area contributed by atoms with E-state index in [1.54, 1.807) is 25.1 Å². The van der Waals surface area contributed by atoms with Gasteiger partial charge in [0.25, 0.3) is 0 Å². The van der Waals surface area contributed by atoms with Crippen LogP contribution in [0.3, 0.4) is 0 Å². The Hall–Kier alpha value is -2.79. The van der Waals surface area contributed by atoms with Crippen LogP contribution in [0.25, 0.3) is 0 Å². The number of anilines is 1. The fourth-order valence-corrected chi connectivity index (χ4v) is 2.78. The van der Waals surface area contributed by atoms with Crippen molar-refractivity contribution in [2.75, 3.05) is 18.1 Å². The number of nitrogens with zero attached hydrogens (tertiary/aromatic N) is 3. The molecule has 1 aromatic carbocycles. The Morgan fingerprint density at radius 2 is 2.04 bits per heavy atom. The molecule has 2 heterocycles. The molecule has 26 heavy (non-hydrogen) atoms. The lowest BCUT2D eigenvalue weighted by molar-refractivity contribution is -0.215. The third-order valence-electron chi connectivity index (χ3n) is 4.03. The molecule has 0 radical (unpaired) electrons. The molecule has 3 rings (SSSR count). The lowest BCUT2D eigenvalue weighted by atomic mass is 10.1. The van der Waals surface area contributed by atoms with Gasteiger partial charge in [0.05, 0.1) is 18.2 Å². The van der Waals surface area contributed by atoms with Crippen molar-refractivity contribution in [1.29, 1.82) is 5.26 Å². The van der Waals surface area contributed by atoms with Gasteiger partial charge in [0.15, 0.2) is 0 Å². The molecule has 2 atom stereocenters. The number of alkyl halides is 3. The standard InChI is InChI=1S/C18H16F3N3O2/c1-12-8-14(3-2-13(12)9-22)24-10-16(26-17(24)18(19,20)21)11-25-15-4-6-23-7-5-15/h2-8,16-17H,10-11H2,1H3. The molecular weight excluding hydrogens is 347 g/mol. The Bertz CT molecular complexity index is 806. The third-order valence-corrected chi connectivity index (χ3v) is 4.03. The number of ether oxygens (including phenoxy) is 2. The van der Waals surface area contributed by atoms with Gasteiger partial charge in [-0.25, -0.2) is 0 Å². The molecule has 0 amide bonds. The number of rotatable bonds is 4. The highest BCUT2D eigenvalue weighted by Gasteiger charge is 2.51. The van der Waals surface area contributed by atoms with Gasteiger partial charge in [-0.3, -0.25) is 4.98 Å². The molecule has 2 unspecified atom stereocenters. The SMILES string of the molecule is Cc1cc(N2CC(COc3ccncc3)OC2C(F)(F)F)ccc1C#N. The Labute approximate surface area is 148 Å². The van der Waals surface area contributed by atoms with E-state index >= 15 is 0 Å². The number of halogens is 3. The molecule has 0 N–H and O–H groups in total. The number of hydrogen-bond acceptors (Lipinski definition) is 5. The first-order valence-corrected chi connectivity index (χ1v) is 7.91. The summed E-state index contributed by atoms with van der Waals surface area (Å²) >= 11 is 0. The Morgan fingerprint density at radius 1 is 1.31 bits per heavy atom. The molecule has 8 heteroatoms. The molecule has 0 aliphatic carbocycles. The fourth-order valence-electron chi connectivity index (χ4n) is 2.78. The molecule has 1 aliphatic rings. The van der Waals surface area contributed by atoms with Crippen molar-refractivity contribution in [2.45, 2.75) is 25.4 Å². The summed E-state index contributed by atoms with van der Waals surface area (Å²) in [7, 11) is 0. The van der Waals surface area contributed by atoms with Gasteiger partial charge >= 0.3 is 6.18 Å². The molecule has 0 spiro atoms. The average Bonchev–Trinajstić information content (AvgIpc) is 3.05. The van der Waals surface area contributed by atoms with Crippen LogP contribution in [0.15, 0.2) is 42.7 Å². The zero-order valence-corrected chi connectivity index (χ0v) is 13.9. The maximum Gasteiger partial charge on any atom is 0.433 e. The van der Waals surface area contributed by atoms with Crippen LogP contribution in [-0.2, 0) is 4.74 Å². The molecule has 1 fully saturated rings. The number of benzene rings is 1. The van der Waals surface area contributed by atoms with Crippen LogP contribution in [0.1, 0.15) is 11.1 Å². The van der Waals surface area contributed by atoms with E-state index in [1.165, 1.54) is 24.5 Å². The van der Waals surface area contributed by atoms with Crippen LogP contribution < -0.4 is 9.64 Å². The number of nitriles is 1. The van der Waals surface area contributed by atoms with Gasteiger partial charge < -0.3 is 14.4 Å². The van der Waals surface area contributed by atoms with Crippen LogP contribution in [-0.4, -0.2) is 36.6 Å². The van der Waals surface area contributed by atoms with E-state index in [-0.39, 0.29) is 13.2 Å². The second-order valence-electron chi connectivity index (χ2n) is 5.91. The molecular formula is C18H16F3N3O2. The summed E-state index contributed by atoms with van der Waals surface area (Å²) < 4.78 is 50.9. The van der Waals surface area contributed by atoms with Crippen molar-refractivity contribution in [3.05, 3.63) is 53.9 Å². The van der Waals surface area contributed by atoms with E-state index in [1.807, 2.05) is 6.07 Å². The van der Waals surface area contributed by atoms with Gasteiger partial charge in [0.1, 0.15) is 18.5 Å². The zero-order valence-electron chi connectivity index (χ0n) is 13.9. The molecule has 5 nitrogen and oxygen atoms in total. The van der Waals surface area contributed by atoms with Gasteiger partial charge in [0.2, 0.25) is 6.23 Å². The molecule has 136 valence electrons. The van der Waals surface area contributed by atoms with E-state index in [0.717, 1.165) is 4.90 Å². The summed E-state index contributed by atoms with van der Waals surface area (Å²) in [5, 5.41) is 8.99. The summed E-state index contributed by atoms with van der Waals surface area (Å²) in [4.78, 5) is 5.00. The summed E-state index contributed by atoms with van der Waals surface area (Å²) in [6.07, 6.45) is -4.27. The first kappa shape index (κ1) is 18.0. The first-order chi connectivity index (χ1) is 12.4. The predicted molar refractivity (Wildman–Crippen MR) is 87.7 cm³/mol. The Kier molecular flexibility index (Phi) is 5.00. The summed E-state index contributed by atoms with van der Waals surface area (Å²) in [6.45, 7) is 1.70. The van der Waals surface area contributed by atoms with Crippen LogP contribution in [0.2, 0.25) is 0 Å². The number of hydrogen-bond donors (Lipinski definition) is 0. The smallest absolute Gasteiger partial charge is 0.433 e. The summed E-state index contributed by atoms with van der Waals surface area (Å²) in [5.74, 6) is 0.514.